The molecule has 0 aliphatic heterocycles. The SMILES string of the molecule is CC(=O)[C@H]1CCC[C@@H]1C(=O)O. The van der Waals surface area contributed by atoms with Crippen molar-refractivity contribution >= 4 is 11.8 Å². The van der Waals surface area contributed by atoms with Gasteiger partial charge in [0, 0.05) is 5.92 Å². The second kappa shape index (κ2) is 3.03. The number of Topliss-reactive ketones (excluding diaryl/α,β-unsaturated/α-hetero) is 1. The van der Waals surface area contributed by atoms with E-state index in [1.165, 1.54) is 6.92 Å². The van der Waals surface area contributed by atoms with Gasteiger partial charge in [-0.05, 0) is 19.8 Å². The van der Waals surface area contributed by atoms with Crippen molar-refractivity contribution in [3.63, 3.8) is 0 Å². The van der Waals surface area contributed by atoms with Gasteiger partial charge in [0.1, 0.15) is 5.78 Å². The summed E-state index contributed by atoms with van der Waals surface area (Å²) in [7, 11) is 0. The summed E-state index contributed by atoms with van der Waals surface area (Å²) in [4.78, 5) is 21.5. The van der Waals surface area contributed by atoms with Gasteiger partial charge in [-0.3, -0.25) is 9.59 Å². The van der Waals surface area contributed by atoms with Crippen LogP contribution in [0.1, 0.15) is 26.2 Å². The van der Waals surface area contributed by atoms with Crippen LogP contribution in [0.2, 0.25) is 0 Å². The second-order valence-corrected chi connectivity index (χ2v) is 3.09. The Hall–Kier alpha value is -0.860. The molecule has 0 aromatic heterocycles. The maximum atomic E-state index is 10.9. The highest BCUT2D eigenvalue weighted by atomic mass is 16.4. The Kier molecular flexibility index (Phi) is 2.27. The lowest BCUT2D eigenvalue weighted by molar-refractivity contribution is -0.145. The van der Waals surface area contributed by atoms with Crippen molar-refractivity contribution in [2.24, 2.45) is 11.8 Å². The molecule has 0 amide bonds. The summed E-state index contributed by atoms with van der Waals surface area (Å²) in [5.41, 5.74) is 0. The van der Waals surface area contributed by atoms with E-state index >= 15 is 0 Å². The van der Waals surface area contributed by atoms with E-state index in [0.29, 0.717) is 6.42 Å². The molecule has 1 saturated carbocycles. The Bertz CT molecular complexity index is 166. The Balaban J connectivity index is 2.65. The van der Waals surface area contributed by atoms with Crippen molar-refractivity contribution in [1.82, 2.24) is 0 Å². The van der Waals surface area contributed by atoms with Gasteiger partial charge in [-0.2, -0.15) is 0 Å². The summed E-state index contributed by atoms with van der Waals surface area (Å²) in [6, 6.07) is 0. The lowest BCUT2D eigenvalue weighted by atomic mass is 9.93. The monoisotopic (exact) mass is 156 g/mol. The first-order chi connectivity index (χ1) is 5.13. The maximum absolute atomic E-state index is 10.9. The normalized spacial score (nSPS) is 30.3. The summed E-state index contributed by atoms with van der Waals surface area (Å²) in [5, 5.41) is 8.68. The van der Waals surface area contributed by atoms with Crippen LogP contribution in [0.25, 0.3) is 0 Å². The number of hydrogen-bond acceptors (Lipinski definition) is 2. The summed E-state index contributed by atoms with van der Waals surface area (Å²) in [6.45, 7) is 1.48. The molecule has 1 fully saturated rings. The van der Waals surface area contributed by atoms with Gasteiger partial charge < -0.3 is 5.11 Å². The average Bonchev–Trinajstić information content (AvgIpc) is 2.32. The standard InChI is InChI=1S/C8H12O3/c1-5(9)6-3-2-4-7(6)8(10)11/h6-7H,2-4H2,1H3,(H,10,11)/t6-,7+/m1/s1. The molecule has 0 bridgehead atoms. The third-order valence-corrected chi connectivity index (χ3v) is 2.36. The molecule has 11 heavy (non-hydrogen) atoms. The fourth-order valence-electron chi connectivity index (χ4n) is 1.74. The smallest absolute Gasteiger partial charge is 0.307 e. The highest BCUT2D eigenvalue weighted by Gasteiger charge is 2.35. The Morgan fingerprint density at radius 3 is 2.18 bits per heavy atom. The molecule has 3 heteroatoms. The lowest BCUT2D eigenvalue weighted by Crippen LogP contribution is -2.23. The van der Waals surface area contributed by atoms with Gasteiger partial charge in [-0.1, -0.05) is 6.42 Å². The van der Waals surface area contributed by atoms with Crippen LogP contribution in [0.5, 0.6) is 0 Å². The molecule has 1 rings (SSSR count). The fraction of sp³-hybridized carbons (Fsp3) is 0.750. The molecule has 2 atom stereocenters. The van der Waals surface area contributed by atoms with Gasteiger partial charge in [-0.25, -0.2) is 0 Å². The minimum atomic E-state index is -0.817. The number of rotatable bonds is 2. The second-order valence-electron chi connectivity index (χ2n) is 3.09. The number of hydrogen-bond donors (Lipinski definition) is 1. The van der Waals surface area contributed by atoms with Crippen LogP contribution >= 0.6 is 0 Å². The number of carboxylic acids is 1. The molecule has 0 saturated heterocycles. The lowest BCUT2D eigenvalue weighted by Gasteiger charge is -2.10. The van der Waals surface area contributed by atoms with Crippen LogP contribution in [-0.2, 0) is 9.59 Å². The topological polar surface area (TPSA) is 54.4 Å². The summed E-state index contributed by atoms with van der Waals surface area (Å²) >= 11 is 0. The van der Waals surface area contributed by atoms with Crippen LogP contribution in [-0.4, -0.2) is 16.9 Å². The Labute approximate surface area is 65.4 Å². The van der Waals surface area contributed by atoms with Gasteiger partial charge in [0.15, 0.2) is 0 Å². The van der Waals surface area contributed by atoms with Gasteiger partial charge in [0.25, 0.3) is 0 Å². The molecule has 0 aromatic carbocycles. The quantitative estimate of drug-likeness (QED) is 0.650. The highest BCUT2D eigenvalue weighted by molar-refractivity contribution is 5.84. The van der Waals surface area contributed by atoms with Crippen LogP contribution in [0.15, 0.2) is 0 Å². The summed E-state index contributed by atoms with van der Waals surface area (Å²) in [6.07, 6.45) is 2.30. The van der Waals surface area contributed by atoms with Crippen LogP contribution in [0.3, 0.4) is 0 Å². The van der Waals surface area contributed by atoms with E-state index in [4.69, 9.17) is 5.11 Å². The molecule has 0 aromatic rings. The third-order valence-electron chi connectivity index (χ3n) is 2.36. The number of carboxylic acid groups (broad SMARTS) is 1. The Morgan fingerprint density at radius 1 is 1.27 bits per heavy atom. The molecule has 62 valence electrons. The summed E-state index contributed by atoms with van der Waals surface area (Å²) < 4.78 is 0. The first-order valence-corrected chi connectivity index (χ1v) is 3.86. The highest BCUT2D eigenvalue weighted by Crippen LogP contribution is 2.32. The molecule has 1 aliphatic rings. The van der Waals surface area contributed by atoms with Crippen molar-refractivity contribution in [1.29, 1.82) is 0 Å². The zero-order valence-corrected chi connectivity index (χ0v) is 6.54. The first-order valence-electron chi connectivity index (χ1n) is 3.86. The number of ketones is 1. The molecule has 0 spiro atoms. The fourth-order valence-corrected chi connectivity index (χ4v) is 1.74. The van der Waals surface area contributed by atoms with Gasteiger partial charge >= 0.3 is 5.97 Å². The van der Waals surface area contributed by atoms with Gasteiger partial charge in [0.2, 0.25) is 0 Å². The molecular weight excluding hydrogens is 144 g/mol. The van der Waals surface area contributed by atoms with E-state index in [9.17, 15) is 9.59 Å². The minimum absolute atomic E-state index is 0.0231. The largest absolute Gasteiger partial charge is 0.481 e. The number of carbonyl (C=O) groups is 2. The van der Waals surface area contributed by atoms with E-state index < -0.39 is 11.9 Å². The maximum Gasteiger partial charge on any atom is 0.307 e. The molecule has 0 unspecified atom stereocenters. The first kappa shape index (κ1) is 8.24. The average molecular weight is 156 g/mol. The van der Waals surface area contributed by atoms with E-state index in [1.807, 2.05) is 0 Å². The number of carbonyl (C=O) groups excluding carboxylic acids is 1. The van der Waals surface area contributed by atoms with E-state index in [-0.39, 0.29) is 11.7 Å². The molecule has 1 aliphatic carbocycles. The van der Waals surface area contributed by atoms with Crippen molar-refractivity contribution in [3.8, 4) is 0 Å². The molecule has 1 N–H and O–H groups in total. The molecule has 0 radical (unpaired) electrons. The minimum Gasteiger partial charge on any atom is -0.481 e. The van der Waals surface area contributed by atoms with Crippen molar-refractivity contribution in [2.75, 3.05) is 0 Å². The molecule has 3 nitrogen and oxygen atoms in total. The van der Waals surface area contributed by atoms with Crippen LogP contribution < -0.4 is 0 Å². The zero-order chi connectivity index (χ0) is 8.43. The van der Waals surface area contributed by atoms with Crippen molar-refractivity contribution in [3.05, 3.63) is 0 Å². The van der Waals surface area contributed by atoms with Gasteiger partial charge in [-0.15, -0.1) is 0 Å². The number of aliphatic carboxylic acids is 1. The molecular formula is C8H12O3. The predicted molar refractivity (Wildman–Crippen MR) is 39.1 cm³/mol. The van der Waals surface area contributed by atoms with Crippen molar-refractivity contribution in [2.45, 2.75) is 26.2 Å². The van der Waals surface area contributed by atoms with Crippen molar-refractivity contribution < 1.29 is 14.7 Å². The zero-order valence-electron chi connectivity index (χ0n) is 6.54. The van der Waals surface area contributed by atoms with E-state index in [0.717, 1.165) is 12.8 Å². The van der Waals surface area contributed by atoms with Crippen LogP contribution in [0, 0.1) is 11.8 Å². The van der Waals surface area contributed by atoms with Crippen LogP contribution in [0.4, 0.5) is 0 Å². The van der Waals surface area contributed by atoms with E-state index in [1.54, 1.807) is 0 Å². The predicted octanol–water partition coefficient (Wildman–Crippen LogP) is 1.08. The summed E-state index contributed by atoms with van der Waals surface area (Å²) in [5.74, 6) is -1.42. The van der Waals surface area contributed by atoms with E-state index in [2.05, 4.69) is 0 Å². The Morgan fingerprint density at radius 2 is 1.82 bits per heavy atom. The van der Waals surface area contributed by atoms with Gasteiger partial charge in [0.05, 0.1) is 5.92 Å². The molecule has 0 heterocycles. The third kappa shape index (κ3) is 1.59.